The molecule has 0 aliphatic heterocycles. The molecule has 0 amide bonds. The van der Waals surface area contributed by atoms with E-state index in [9.17, 15) is 8.42 Å². The molecule has 3 rings (SSSR count). The van der Waals surface area contributed by atoms with Crippen molar-refractivity contribution in [3.8, 4) is 5.75 Å². The first kappa shape index (κ1) is 21.1. The van der Waals surface area contributed by atoms with Crippen LogP contribution in [-0.4, -0.2) is 27.5 Å². The maximum absolute atomic E-state index is 11.4. The number of benzene rings is 2. The normalized spacial score (nSPS) is 14.5. The first-order chi connectivity index (χ1) is 14.0. The topological polar surface area (TPSA) is 106 Å². The van der Waals surface area contributed by atoms with Crippen molar-refractivity contribution in [2.75, 3.05) is 13.2 Å². The third-order valence-corrected chi connectivity index (χ3v) is 5.54. The summed E-state index contributed by atoms with van der Waals surface area (Å²) >= 11 is 0. The maximum atomic E-state index is 11.4. The van der Waals surface area contributed by atoms with Crippen molar-refractivity contribution in [1.82, 2.24) is 10.6 Å². The van der Waals surface area contributed by atoms with Gasteiger partial charge >= 0.3 is 0 Å². The van der Waals surface area contributed by atoms with E-state index < -0.39 is 10.0 Å². The number of hydrogen-bond acceptors (Lipinski definition) is 4. The lowest BCUT2D eigenvalue weighted by molar-refractivity contribution is 0.296. The first-order valence-corrected chi connectivity index (χ1v) is 11.3. The van der Waals surface area contributed by atoms with Crippen LogP contribution in [0.25, 0.3) is 0 Å². The number of rotatable bonds is 9. The molecule has 0 radical (unpaired) electrons. The fourth-order valence-electron chi connectivity index (χ4n) is 2.76. The first-order valence-electron chi connectivity index (χ1n) is 9.80. The van der Waals surface area contributed by atoms with Gasteiger partial charge in [0.1, 0.15) is 5.75 Å². The number of primary sulfonamides is 1. The van der Waals surface area contributed by atoms with Gasteiger partial charge in [0.25, 0.3) is 0 Å². The van der Waals surface area contributed by atoms with Gasteiger partial charge in [-0.1, -0.05) is 30.3 Å². The van der Waals surface area contributed by atoms with Crippen molar-refractivity contribution in [2.24, 2.45) is 16.0 Å². The second kappa shape index (κ2) is 9.76. The number of aliphatic imine (C=N–C) groups is 1. The summed E-state index contributed by atoms with van der Waals surface area (Å²) in [6, 6.07) is 14.4. The molecule has 0 unspecified atom stereocenters. The number of nitrogens with zero attached hydrogens (tertiary/aromatic N) is 1. The van der Waals surface area contributed by atoms with Crippen molar-refractivity contribution >= 4 is 16.0 Å². The summed E-state index contributed by atoms with van der Waals surface area (Å²) in [6.07, 6.45) is 2.52. The Morgan fingerprint density at radius 1 is 1.14 bits per heavy atom. The molecule has 2 aromatic rings. The van der Waals surface area contributed by atoms with Crippen LogP contribution in [0.2, 0.25) is 0 Å². The summed E-state index contributed by atoms with van der Waals surface area (Å²) in [5.41, 5.74) is 1.97. The lowest BCUT2D eigenvalue weighted by Crippen LogP contribution is -2.36. The molecule has 29 heavy (non-hydrogen) atoms. The summed E-state index contributed by atoms with van der Waals surface area (Å²) in [6.45, 7) is 4.53. The van der Waals surface area contributed by atoms with Gasteiger partial charge in [-0.3, -0.25) is 0 Å². The zero-order valence-corrected chi connectivity index (χ0v) is 17.4. The highest BCUT2D eigenvalue weighted by Crippen LogP contribution is 2.30. The lowest BCUT2D eigenvalue weighted by atomic mass is 10.2. The van der Waals surface area contributed by atoms with Gasteiger partial charge in [0.2, 0.25) is 10.0 Å². The molecule has 8 heteroatoms. The molecular weight excluding hydrogens is 388 g/mol. The molecule has 4 N–H and O–H groups in total. The van der Waals surface area contributed by atoms with Gasteiger partial charge < -0.3 is 15.4 Å². The van der Waals surface area contributed by atoms with Crippen molar-refractivity contribution in [2.45, 2.75) is 37.8 Å². The van der Waals surface area contributed by atoms with Crippen LogP contribution in [0.15, 0.2) is 58.4 Å². The second-order valence-electron chi connectivity index (χ2n) is 7.10. The molecule has 1 fully saturated rings. The molecule has 0 spiro atoms. The molecular formula is C21H28N4O3S. The van der Waals surface area contributed by atoms with Gasteiger partial charge in [-0.05, 0) is 49.4 Å². The Hall–Kier alpha value is -2.58. The van der Waals surface area contributed by atoms with Crippen molar-refractivity contribution in [1.29, 1.82) is 0 Å². The van der Waals surface area contributed by atoms with Crippen LogP contribution in [0.3, 0.4) is 0 Å². The van der Waals surface area contributed by atoms with Gasteiger partial charge in [0, 0.05) is 18.7 Å². The molecule has 0 aromatic heterocycles. The van der Waals surface area contributed by atoms with Gasteiger partial charge in [-0.2, -0.15) is 0 Å². The molecule has 1 aliphatic rings. The van der Waals surface area contributed by atoms with Gasteiger partial charge in [0.15, 0.2) is 5.96 Å². The number of sulfonamides is 1. The van der Waals surface area contributed by atoms with Crippen LogP contribution in [-0.2, 0) is 23.1 Å². The summed E-state index contributed by atoms with van der Waals surface area (Å²) < 4.78 is 28.7. The average Bonchev–Trinajstić information content (AvgIpc) is 3.53. The third-order valence-electron chi connectivity index (χ3n) is 4.61. The SMILES string of the molecule is CCNC(=NCc1ccc(S(N)(=O)=O)cc1)NCc1ccccc1OCC1CC1. The Bertz CT molecular complexity index is 939. The number of hydrogen-bond donors (Lipinski definition) is 3. The number of guanidine groups is 1. The van der Waals surface area contributed by atoms with Gasteiger partial charge in [-0.25, -0.2) is 18.5 Å². The Morgan fingerprint density at radius 3 is 2.52 bits per heavy atom. The second-order valence-corrected chi connectivity index (χ2v) is 8.66. The number of nitrogens with one attached hydrogen (secondary N) is 2. The highest BCUT2D eigenvalue weighted by Gasteiger charge is 2.22. The quantitative estimate of drug-likeness (QED) is 0.430. The van der Waals surface area contributed by atoms with Crippen molar-refractivity contribution in [3.05, 3.63) is 59.7 Å². The van der Waals surface area contributed by atoms with E-state index in [1.165, 1.54) is 25.0 Å². The van der Waals surface area contributed by atoms with Crippen molar-refractivity contribution in [3.63, 3.8) is 0 Å². The van der Waals surface area contributed by atoms with Crippen LogP contribution in [0, 0.1) is 5.92 Å². The fourth-order valence-corrected chi connectivity index (χ4v) is 3.27. The van der Waals surface area contributed by atoms with Crippen LogP contribution < -0.4 is 20.5 Å². The van der Waals surface area contributed by atoms with Crippen LogP contribution >= 0.6 is 0 Å². The monoisotopic (exact) mass is 416 g/mol. The minimum absolute atomic E-state index is 0.0954. The zero-order valence-electron chi connectivity index (χ0n) is 16.6. The van der Waals surface area contributed by atoms with E-state index in [-0.39, 0.29) is 4.90 Å². The van der Waals surface area contributed by atoms with Crippen LogP contribution in [0.1, 0.15) is 30.9 Å². The molecule has 2 aromatic carbocycles. The molecule has 0 bridgehead atoms. The van der Waals surface area contributed by atoms with Gasteiger partial charge in [0.05, 0.1) is 18.0 Å². The summed E-state index contributed by atoms with van der Waals surface area (Å²) in [4.78, 5) is 4.67. The highest BCUT2D eigenvalue weighted by atomic mass is 32.2. The predicted octanol–water partition coefficient (Wildman–Crippen LogP) is 2.38. The number of para-hydroxylation sites is 1. The van der Waals surface area contributed by atoms with E-state index >= 15 is 0 Å². The Morgan fingerprint density at radius 2 is 1.86 bits per heavy atom. The molecule has 156 valence electrons. The Labute approximate surface area is 172 Å². The number of ether oxygens (including phenoxy) is 1. The summed E-state index contributed by atoms with van der Waals surface area (Å²) in [7, 11) is -3.68. The maximum Gasteiger partial charge on any atom is 0.238 e. The molecule has 1 aliphatic carbocycles. The molecule has 0 heterocycles. The Kier molecular flexibility index (Phi) is 7.11. The van der Waals surface area contributed by atoms with E-state index in [4.69, 9.17) is 9.88 Å². The largest absolute Gasteiger partial charge is 0.493 e. The van der Waals surface area contributed by atoms with E-state index in [1.54, 1.807) is 12.1 Å². The van der Waals surface area contributed by atoms with Crippen molar-refractivity contribution < 1.29 is 13.2 Å². The minimum Gasteiger partial charge on any atom is -0.493 e. The zero-order chi connectivity index (χ0) is 20.7. The van der Waals surface area contributed by atoms with E-state index in [0.29, 0.717) is 25.0 Å². The fraction of sp³-hybridized carbons (Fsp3) is 0.381. The highest BCUT2D eigenvalue weighted by molar-refractivity contribution is 7.89. The van der Waals surface area contributed by atoms with Crippen LogP contribution in [0.4, 0.5) is 0 Å². The molecule has 1 saturated carbocycles. The average molecular weight is 417 g/mol. The predicted molar refractivity (Wildman–Crippen MR) is 114 cm³/mol. The molecule has 0 atom stereocenters. The van der Waals surface area contributed by atoms with E-state index in [2.05, 4.69) is 15.6 Å². The Balaban J connectivity index is 1.61. The molecule has 7 nitrogen and oxygen atoms in total. The van der Waals surface area contributed by atoms with Gasteiger partial charge in [-0.15, -0.1) is 0 Å². The third kappa shape index (κ3) is 6.76. The number of nitrogens with two attached hydrogens (primary N) is 1. The standard InChI is InChI=1S/C21H28N4O3S/c1-2-23-21(24-13-16-9-11-19(12-10-16)29(22,26)27)25-14-18-5-3-4-6-20(18)28-15-17-7-8-17/h3-6,9-12,17H,2,7-8,13-15H2,1H3,(H2,22,26,27)(H2,23,24,25). The van der Waals surface area contributed by atoms with E-state index in [1.807, 2.05) is 31.2 Å². The van der Waals surface area contributed by atoms with Crippen LogP contribution in [0.5, 0.6) is 5.75 Å². The molecule has 0 saturated heterocycles. The summed E-state index contributed by atoms with van der Waals surface area (Å²) in [5, 5.41) is 11.7. The smallest absolute Gasteiger partial charge is 0.238 e. The minimum atomic E-state index is -3.68. The summed E-state index contributed by atoms with van der Waals surface area (Å²) in [5.74, 6) is 2.29. The lowest BCUT2D eigenvalue weighted by Gasteiger charge is -2.14. The van der Waals surface area contributed by atoms with E-state index in [0.717, 1.165) is 30.0 Å².